The number of piperazine rings is 1. The number of carbonyl (C=O) groups is 1. The maximum atomic E-state index is 12.4. The molecule has 5 heteroatoms. The number of amides is 1. The number of likely N-dealkylation sites (N-methyl/N-ethyl adjacent to an activating group) is 1. The van der Waals surface area contributed by atoms with E-state index < -0.39 is 0 Å². The summed E-state index contributed by atoms with van der Waals surface area (Å²) >= 11 is 0. The van der Waals surface area contributed by atoms with Crippen LogP contribution in [0.3, 0.4) is 0 Å². The van der Waals surface area contributed by atoms with Crippen molar-refractivity contribution in [2.45, 2.75) is 19.4 Å². The van der Waals surface area contributed by atoms with Crippen molar-refractivity contribution in [3.63, 3.8) is 0 Å². The molecular formula is C14H22N4O. The number of rotatable bonds is 3. The Bertz CT molecular complexity index is 432. The third kappa shape index (κ3) is 3.04. The number of nitrogens with zero attached hydrogens (tertiary/aromatic N) is 3. The van der Waals surface area contributed by atoms with E-state index in [0.29, 0.717) is 11.7 Å². The monoisotopic (exact) mass is 262 g/mol. The summed E-state index contributed by atoms with van der Waals surface area (Å²) in [6.45, 7) is 4.66. The number of pyridine rings is 1. The second-order valence-electron chi connectivity index (χ2n) is 4.98. The molecular weight excluding hydrogens is 240 g/mol. The number of hydrogen-bond donors (Lipinski definition) is 1. The molecule has 0 radical (unpaired) electrons. The molecule has 1 unspecified atom stereocenters. The minimum atomic E-state index is 0.0363. The van der Waals surface area contributed by atoms with Gasteiger partial charge < -0.3 is 10.2 Å². The first-order valence-corrected chi connectivity index (χ1v) is 6.79. The van der Waals surface area contributed by atoms with Crippen molar-refractivity contribution in [1.29, 1.82) is 0 Å². The van der Waals surface area contributed by atoms with E-state index in [4.69, 9.17) is 0 Å². The molecule has 1 aliphatic rings. The zero-order valence-electron chi connectivity index (χ0n) is 11.9. The molecule has 0 saturated carbocycles. The van der Waals surface area contributed by atoms with Crippen LogP contribution < -0.4 is 5.32 Å². The molecule has 1 aromatic rings. The highest BCUT2D eigenvalue weighted by Crippen LogP contribution is 2.14. The Balaban J connectivity index is 2.06. The molecule has 1 aliphatic heterocycles. The Kier molecular flexibility index (Phi) is 4.37. The number of hydrogen-bond acceptors (Lipinski definition) is 4. The van der Waals surface area contributed by atoms with Gasteiger partial charge in [0.05, 0.1) is 11.9 Å². The minimum absolute atomic E-state index is 0.0363. The van der Waals surface area contributed by atoms with Gasteiger partial charge in [0.15, 0.2) is 0 Å². The van der Waals surface area contributed by atoms with Crippen LogP contribution in [0.25, 0.3) is 0 Å². The fraction of sp³-hybridized carbons (Fsp3) is 0.571. The van der Waals surface area contributed by atoms with Gasteiger partial charge in [-0.15, -0.1) is 0 Å². The van der Waals surface area contributed by atoms with Crippen molar-refractivity contribution in [2.75, 3.05) is 39.0 Å². The summed E-state index contributed by atoms with van der Waals surface area (Å²) in [6, 6.07) is 4.12. The predicted molar refractivity (Wildman–Crippen MR) is 76.4 cm³/mol. The lowest BCUT2D eigenvalue weighted by atomic mass is 10.1. The quantitative estimate of drug-likeness (QED) is 0.891. The van der Waals surface area contributed by atoms with Crippen LogP contribution in [-0.2, 0) is 0 Å². The van der Waals surface area contributed by atoms with E-state index in [1.807, 2.05) is 18.0 Å². The molecule has 1 amide bonds. The van der Waals surface area contributed by atoms with Crippen LogP contribution >= 0.6 is 0 Å². The SMILES string of the molecule is CCC1CN(C(=O)c2ccc(NC)cn2)CCN1C. The molecule has 1 fully saturated rings. The third-order valence-electron chi connectivity index (χ3n) is 3.81. The highest BCUT2D eigenvalue weighted by atomic mass is 16.2. The van der Waals surface area contributed by atoms with E-state index in [1.165, 1.54) is 0 Å². The molecule has 5 nitrogen and oxygen atoms in total. The molecule has 2 rings (SSSR count). The Labute approximate surface area is 114 Å². The average Bonchev–Trinajstić information content (AvgIpc) is 2.47. The maximum Gasteiger partial charge on any atom is 0.272 e. The summed E-state index contributed by atoms with van der Waals surface area (Å²) in [5.74, 6) is 0.0363. The number of anilines is 1. The summed E-state index contributed by atoms with van der Waals surface area (Å²) in [7, 11) is 3.96. The lowest BCUT2D eigenvalue weighted by Gasteiger charge is -2.38. The second kappa shape index (κ2) is 6.02. The van der Waals surface area contributed by atoms with Crippen LogP contribution in [-0.4, -0.2) is 60.5 Å². The number of carbonyl (C=O) groups excluding carboxylic acids is 1. The van der Waals surface area contributed by atoms with Gasteiger partial charge in [0.2, 0.25) is 0 Å². The van der Waals surface area contributed by atoms with Crippen molar-refractivity contribution in [2.24, 2.45) is 0 Å². The maximum absolute atomic E-state index is 12.4. The third-order valence-corrected chi connectivity index (χ3v) is 3.81. The molecule has 0 bridgehead atoms. The molecule has 104 valence electrons. The van der Waals surface area contributed by atoms with Gasteiger partial charge in [-0.25, -0.2) is 4.98 Å². The van der Waals surface area contributed by atoms with E-state index in [1.54, 1.807) is 12.3 Å². The van der Waals surface area contributed by atoms with Gasteiger partial charge in [0.1, 0.15) is 5.69 Å². The van der Waals surface area contributed by atoms with Gasteiger partial charge in [-0.3, -0.25) is 9.69 Å². The fourth-order valence-electron chi connectivity index (χ4n) is 2.40. The Morgan fingerprint density at radius 3 is 2.84 bits per heavy atom. The summed E-state index contributed by atoms with van der Waals surface area (Å²) in [6.07, 6.45) is 2.76. The summed E-state index contributed by atoms with van der Waals surface area (Å²) in [5, 5.41) is 3.00. The first-order valence-electron chi connectivity index (χ1n) is 6.79. The largest absolute Gasteiger partial charge is 0.387 e. The molecule has 0 aliphatic carbocycles. The number of aromatic nitrogens is 1. The molecule has 1 atom stereocenters. The van der Waals surface area contributed by atoms with Gasteiger partial charge in [0, 0.05) is 32.7 Å². The van der Waals surface area contributed by atoms with Crippen LogP contribution in [0, 0.1) is 0 Å². The summed E-state index contributed by atoms with van der Waals surface area (Å²) in [4.78, 5) is 20.9. The zero-order valence-corrected chi connectivity index (χ0v) is 11.9. The van der Waals surface area contributed by atoms with Crippen LogP contribution in [0.5, 0.6) is 0 Å². The summed E-state index contributed by atoms with van der Waals surface area (Å²) < 4.78 is 0. The van der Waals surface area contributed by atoms with Gasteiger partial charge in [0.25, 0.3) is 5.91 Å². The first kappa shape index (κ1) is 13.8. The second-order valence-corrected chi connectivity index (χ2v) is 4.98. The standard InChI is InChI=1S/C14H22N4O/c1-4-12-10-18(8-7-17(12)3)14(19)13-6-5-11(15-2)9-16-13/h5-6,9,12,15H,4,7-8,10H2,1-3H3. The molecule has 0 aromatic carbocycles. The van der Waals surface area contributed by atoms with E-state index in [2.05, 4.69) is 29.2 Å². The Morgan fingerprint density at radius 2 is 2.26 bits per heavy atom. The van der Waals surface area contributed by atoms with Crippen molar-refractivity contribution in [3.05, 3.63) is 24.0 Å². The highest BCUT2D eigenvalue weighted by molar-refractivity contribution is 5.92. The topological polar surface area (TPSA) is 48.5 Å². The molecule has 1 N–H and O–H groups in total. The molecule has 2 heterocycles. The van der Waals surface area contributed by atoms with Crippen molar-refractivity contribution in [1.82, 2.24) is 14.8 Å². The fourth-order valence-corrected chi connectivity index (χ4v) is 2.40. The Hall–Kier alpha value is -1.62. The van der Waals surface area contributed by atoms with Crippen molar-refractivity contribution < 1.29 is 4.79 Å². The molecule has 1 saturated heterocycles. The molecule has 19 heavy (non-hydrogen) atoms. The van der Waals surface area contributed by atoms with E-state index in [-0.39, 0.29) is 5.91 Å². The number of nitrogens with one attached hydrogen (secondary N) is 1. The normalized spacial score (nSPS) is 20.4. The molecule has 1 aromatic heterocycles. The lowest BCUT2D eigenvalue weighted by molar-refractivity contribution is 0.0536. The van der Waals surface area contributed by atoms with Gasteiger partial charge in [-0.2, -0.15) is 0 Å². The summed E-state index contributed by atoms with van der Waals surface area (Å²) in [5.41, 5.74) is 1.44. The van der Waals surface area contributed by atoms with Crippen LogP contribution in [0.15, 0.2) is 18.3 Å². The van der Waals surface area contributed by atoms with Crippen LogP contribution in [0.2, 0.25) is 0 Å². The van der Waals surface area contributed by atoms with Gasteiger partial charge in [-0.1, -0.05) is 6.92 Å². The first-order chi connectivity index (χ1) is 9.15. The van der Waals surface area contributed by atoms with Crippen LogP contribution in [0.1, 0.15) is 23.8 Å². The predicted octanol–water partition coefficient (Wildman–Crippen LogP) is 1.29. The smallest absolute Gasteiger partial charge is 0.272 e. The zero-order chi connectivity index (χ0) is 13.8. The molecule has 0 spiro atoms. The van der Waals surface area contributed by atoms with E-state index >= 15 is 0 Å². The average molecular weight is 262 g/mol. The van der Waals surface area contributed by atoms with Crippen LogP contribution in [0.4, 0.5) is 5.69 Å². The van der Waals surface area contributed by atoms with Crippen molar-refractivity contribution in [3.8, 4) is 0 Å². The highest BCUT2D eigenvalue weighted by Gasteiger charge is 2.27. The van der Waals surface area contributed by atoms with E-state index in [0.717, 1.165) is 31.7 Å². The lowest BCUT2D eigenvalue weighted by Crippen LogP contribution is -2.53. The van der Waals surface area contributed by atoms with Crippen molar-refractivity contribution >= 4 is 11.6 Å². The van der Waals surface area contributed by atoms with Gasteiger partial charge >= 0.3 is 0 Å². The Morgan fingerprint density at radius 1 is 1.47 bits per heavy atom. The van der Waals surface area contributed by atoms with Gasteiger partial charge in [-0.05, 0) is 25.6 Å². The van der Waals surface area contributed by atoms with E-state index in [9.17, 15) is 4.79 Å². The minimum Gasteiger partial charge on any atom is -0.387 e.